The molecule has 1 fully saturated rings. The molecule has 0 unspecified atom stereocenters. The second-order valence-electron chi connectivity index (χ2n) is 7.59. The standard InChI is InChI=1S/C18H24FN3O3/c1-18(2,3)25-17(24)22-9-7-11(8-10-22)14-12(19)5-6-13-15(14)21(4)16(23)20-13/h5-6,11H,7-10H2,1-4H3,(H,20,23). The quantitative estimate of drug-likeness (QED) is 0.860. The Morgan fingerprint density at radius 2 is 1.92 bits per heavy atom. The molecule has 2 heterocycles. The number of aryl methyl sites for hydroxylation is 1. The van der Waals surface area contributed by atoms with Crippen molar-refractivity contribution in [3.8, 4) is 0 Å². The van der Waals surface area contributed by atoms with Gasteiger partial charge >= 0.3 is 11.8 Å². The predicted octanol–water partition coefficient (Wildman–Crippen LogP) is 3.12. The minimum Gasteiger partial charge on any atom is -0.444 e. The molecular weight excluding hydrogens is 325 g/mol. The van der Waals surface area contributed by atoms with E-state index < -0.39 is 5.60 Å². The summed E-state index contributed by atoms with van der Waals surface area (Å²) in [6, 6.07) is 2.99. The van der Waals surface area contributed by atoms with Crippen LogP contribution in [0.15, 0.2) is 16.9 Å². The summed E-state index contributed by atoms with van der Waals surface area (Å²) in [6.45, 7) is 6.52. The van der Waals surface area contributed by atoms with E-state index in [-0.39, 0.29) is 23.5 Å². The van der Waals surface area contributed by atoms with Gasteiger partial charge in [-0.2, -0.15) is 0 Å². The minimum atomic E-state index is -0.533. The lowest BCUT2D eigenvalue weighted by Crippen LogP contribution is -2.41. The maximum Gasteiger partial charge on any atom is 0.410 e. The first-order valence-electron chi connectivity index (χ1n) is 8.52. The van der Waals surface area contributed by atoms with Gasteiger partial charge in [0.15, 0.2) is 0 Å². The number of nitrogens with zero attached hydrogens (tertiary/aromatic N) is 2. The average molecular weight is 349 g/mol. The predicted molar refractivity (Wildman–Crippen MR) is 93.3 cm³/mol. The molecule has 0 atom stereocenters. The van der Waals surface area contributed by atoms with E-state index in [1.165, 1.54) is 10.6 Å². The number of hydrogen-bond acceptors (Lipinski definition) is 3. The van der Waals surface area contributed by atoms with Gasteiger partial charge in [-0.1, -0.05) is 0 Å². The molecule has 2 aromatic rings. The molecule has 136 valence electrons. The highest BCUT2D eigenvalue weighted by Crippen LogP contribution is 2.34. The third-order valence-electron chi connectivity index (χ3n) is 4.60. The van der Waals surface area contributed by atoms with Gasteiger partial charge < -0.3 is 14.6 Å². The van der Waals surface area contributed by atoms with Gasteiger partial charge in [0.05, 0.1) is 11.0 Å². The van der Waals surface area contributed by atoms with Gasteiger partial charge in [0, 0.05) is 25.7 Å². The smallest absolute Gasteiger partial charge is 0.410 e. The van der Waals surface area contributed by atoms with Crippen LogP contribution in [0.3, 0.4) is 0 Å². The van der Waals surface area contributed by atoms with E-state index in [0.717, 1.165) is 0 Å². The first-order chi connectivity index (χ1) is 11.7. The fraction of sp³-hybridized carbons (Fsp3) is 0.556. The molecule has 7 heteroatoms. The summed E-state index contributed by atoms with van der Waals surface area (Å²) in [5.41, 5.74) is 1.02. The van der Waals surface area contributed by atoms with E-state index in [4.69, 9.17) is 4.74 Å². The van der Waals surface area contributed by atoms with Gasteiger partial charge in [0.1, 0.15) is 11.4 Å². The summed E-state index contributed by atoms with van der Waals surface area (Å²) in [5, 5.41) is 0. The SMILES string of the molecule is Cn1c(=O)[nH]c2ccc(F)c(C3CCN(C(=O)OC(C)(C)C)CC3)c21. The van der Waals surface area contributed by atoms with Crippen LogP contribution < -0.4 is 5.69 Å². The fourth-order valence-electron chi connectivity index (χ4n) is 3.41. The van der Waals surface area contributed by atoms with Gasteiger partial charge in [0.2, 0.25) is 0 Å². The number of fused-ring (bicyclic) bond motifs is 1. The maximum absolute atomic E-state index is 14.5. The number of nitrogens with one attached hydrogen (secondary N) is 1. The molecule has 1 aromatic heterocycles. The largest absolute Gasteiger partial charge is 0.444 e. The number of carbonyl (C=O) groups excluding carboxylic acids is 1. The third-order valence-corrected chi connectivity index (χ3v) is 4.60. The first-order valence-corrected chi connectivity index (χ1v) is 8.52. The van der Waals surface area contributed by atoms with Crippen molar-refractivity contribution in [3.63, 3.8) is 0 Å². The van der Waals surface area contributed by atoms with Crippen LogP contribution in [0.4, 0.5) is 9.18 Å². The third kappa shape index (κ3) is 3.41. The Bertz CT molecular complexity index is 855. The van der Waals surface area contributed by atoms with Crippen LogP contribution in [0.2, 0.25) is 0 Å². The number of carbonyl (C=O) groups is 1. The molecule has 0 saturated carbocycles. The lowest BCUT2D eigenvalue weighted by Gasteiger charge is -2.33. The number of rotatable bonds is 1. The van der Waals surface area contributed by atoms with Crippen LogP contribution in [0.5, 0.6) is 0 Å². The molecule has 1 N–H and O–H groups in total. The van der Waals surface area contributed by atoms with E-state index >= 15 is 0 Å². The number of piperidine rings is 1. The van der Waals surface area contributed by atoms with Crippen LogP contribution in [0.25, 0.3) is 11.0 Å². The summed E-state index contributed by atoms with van der Waals surface area (Å²) in [7, 11) is 1.64. The summed E-state index contributed by atoms with van der Waals surface area (Å²) >= 11 is 0. The summed E-state index contributed by atoms with van der Waals surface area (Å²) in [6.07, 6.45) is 0.933. The van der Waals surface area contributed by atoms with Gasteiger partial charge in [-0.3, -0.25) is 4.57 Å². The molecule has 1 amide bonds. The van der Waals surface area contributed by atoms with E-state index in [1.54, 1.807) is 18.0 Å². The van der Waals surface area contributed by atoms with Gasteiger partial charge in [0.25, 0.3) is 0 Å². The molecule has 1 saturated heterocycles. The zero-order valence-electron chi connectivity index (χ0n) is 15.1. The number of aromatic amines is 1. The summed E-state index contributed by atoms with van der Waals surface area (Å²) < 4.78 is 21.4. The lowest BCUT2D eigenvalue weighted by molar-refractivity contribution is 0.0204. The minimum absolute atomic E-state index is 0.0382. The highest BCUT2D eigenvalue weighted by atomic mass is 19.1. The number of likely N-dealkylation sites (tertiary alicyclic amines) is 1. The summed E-state index contributed by atoms with van der Waals surface area (Å²) in [5.74, 6) is -0.346. The lowest BCUT2D eigenvalue weighted by atomic mass is 9.88. The number of aromatic nitrogens is 2. The van der Waals surface area contributed by atoms with Gasteiger partial charge in [-0.25, -0.2) is 14.0 Å². The van der Waals surface area contributed by atoms with Crippen molar-refractivity contribution in [2.45, 2.75) is 45.1 Å². The van der Waals surface area contributed by atoms with E-state index in [2.05, 4.69) is 4.98 Å². The van der Waals surface area contributed by atoms with Crippen molar-refractivity contribution < 1.29 is 13.9 Å². The number of halogens is 1. The van der Waals surface area contributed by atoms with Crippen LogP contribution in [-0.2, 0) is 11.8 Å². The van der Waals surface area contributed by atoms with Gasteiger partial charge in [-0.15, -0.1) is 0 Å². The second-order valence-corrected chi connectivity index (χ2v) is 7.59. The Kier molecular flexibility index (Phi) is 4.34. The first kappa shape index (κ1) is 17.5. The highest BCUT2D eigenvalue weighted by molar-refractivity contribution is 5.80. The molecule has 25 heavy (non-hydrogen) atoms. The molecule has 1 aromatic carbocycles. The Morgan fingerprint density at radius 1 is 1.28 bits per heavy atom. The molecule has 0 radical (unpaired) electrons. The average Bonchev–Trinajstić information content (AvgIpc) is 2.81. The van der Waals surface area contributed by atoms with Crippen molar-refractivity contribution in [1.29, 1.82) is 0 Å². The molecule has 0 aliphatic carbocycles. The number of H-pyrrole nitrogens is 1. The maximum atomic E-state index is 14.5. The topological polar surface area (TPSA) is 67.3 Å². The Labute approximate surface area is 145 Å². The molecule has 0 spiro atoms. The van der Waals surface area contributed by atoms with Crippen molar-refractivity contribution in [1.82, 2.24) is 14.5 Å². The van der Waals surface area contributed by atoms with Crippen molar-refractivity contribution >= 4 is 17.1 Å². The van der Waals surface area contributed by atoms with Crippen LogP contribution in [-0.4, -0.2) is 39.2 Å². The molecule has 3 rings (SSSR count). The van der Waals surface area contributed by atoms with Crippen molar-refractivity contribution in [3.05, 3.63) is 34.0 Å². The van der Waals surface area contributed by atoms with Crippen molar-refractivity contribution in [2.24, 2.45) is 7.05 Å². The van der Waals surface area contributed by atoms with E-state index in [9.17, 15) is 14.0 Å². The van der Waals surface area contributed by atoms with Crippen LogP contribution in [0, 0.1) is 5.82 Å². The van der Waals surface area contributed by atoms with Gasteiger partial charge in [-0.05, 0) is 51.7 Å². The van der Waals surface area contributed by atoms with E-state index in [0.29, 0.717) is 42.5 Å². The number of ether oxygens (including phenoxy) is 1. The highest BCUT2D eigenvalue weighted by Gasteiger charge is 2.30. The molecule has 0 bridgehead atoms. The number of amides is 1. The van der Waals surface area contributed by atoms with Crippen molar-refractivity contribution in [2.75, 3.05) is 13.1 Å². The molecule has 1 aliphatic rings. The number of imidazole rings is 1. The van der Waals surface area contributed by atoms with E-state index in [1.807, 2.05) is 20.8 Å². The zero-order valence-corrected chi connectivity index (χ0v) is 15.1. The Morgan fingerprint density at radius 3 is 2.52 bits per heavy atom. The van der Waals surface area contributed by atoms with Crippen LogP contribution in [0.1, 0.15) is 45.1 Å². The molecule has 6 nitrogen and oxygen atoms in total. The fourth-order valence-corrected chi connectivity index (χ4v) is 3.41. The Hall–Kier alpha value is -2.31. The summed E-state index contributed by atoms with van der Waals surface area (Å²) in [4.78, 5) is 28.5. The number of benzene rings is 1. The Balaban J connectivity index is 1.82. The zero-order chi connectivity index (χ0) is 18.4. The normalized spacial score (nSPS) is 16.4. The van der Waals surface area contributed by atoms with Crippen LogP contribution >= 0.6 is 0 Å². The number of hydrogen-bond donors (Lipinski definition) is 1. The molecule has 1 aliphatic heterocycles. The monoisotopic (exact) mass is 349 g/mol. The second kappa shape index (κ2) is 6.20. The molecular formula is C18H24FN3O3.